The van der Waals surface area contributed by atoms with Gasteiger partial charge in [-0.15, -0.1) is 0 Å². The average Bonchev–Trinajstić information content (AvgIpc) is 1.52. The molecule has 1 aliphatic heterocycles. The molecule has 2 nitrogen and oxygen atoms in total. The van der Waals surface area contributed by atoms with Crippen LogP contribution < -0.4 is 9.64 Å². The summed E-state index contributed by atoms with van der Waals surface area (Å²) in [6, 6.07) is 93.9. The third-order valence-corrected chi connectivity index (χ3v) is 20.7. The summed E-state index contributed by atoms with van der Waals surface area (Å²) in [6.45, 7) is 19.3. The number of nitrogens with zero attached hydrogens (tertiary/aromatic N) is 1. The molecule has 0 atom stereocenters. The molecule has 0 amide bonds. The first kappa shape index (κ1) is 50.7. The number of fused-ring (bicyclic) bond motifs is 14. The van der Waals surface area contributed by atoms with Crippen molar-refractivity contribution in [3.63, 3.8) is 0 Å². The summed E-state index contributed by atoms with van der Waals surface area (Å²) < 4.78 is 7.65. The number of rotatable bonds is 6. The summed E-state index contributed by atoms with van der Waals surface area (Å²) in [5.74, 6) is 1.70. The first-order chi connectivity index (χ1) is 41.6. The minimum absolute atomic E-state index is 0.158. The molecule has 5 aliphatic rings. The molecule has 1 heterocycles. The quantitative estimate of drug-likeness (QED) is 0.165. The molecular weight excluding hydrogens is 1040 g/mol. The Morgan fingerprint density at radius 3 is 0.884 bits per heavy atom. The van der Waals surface area contributed by atoms with Crippen molar-refractivity contribution in [3.8, 4) is 112 Å². The standard InChI is InChI=1S/C84H65NO/c1-81(2)68-30-20-18-28-58(68)62-42-72-64(44-70(62)81)66-46-76-78(48-74(66)83(72,5)6)86-79-49-75-67(65-45-71-63(43-73(65)84(75,7)8)59-29-19-21-31-69(59)82(71,3)4)47-77(79)85(76)80-60(55-36-32-53(33-37-55)50-22-12-9-13-23-50)40-57(52-26-16-11-17-27-52)41-61(80)56-38-34-54(35-39-56)51-24-14-10-15-25-51/h9-49H,1-8H3. The van der Waals surface area contributed by atoms with Gasteiger partial charge < -0.3 is 9.64 Å². The summed E-state index contributed by atoms with van der Waals surface area (Å²) in [5.41, 5.74) is 35.1. The van der Waals surface area contributed by atoms with E-state index in [9.17, 15) is 0 Å². The maximum atomic E-state index is 7.65. The summed E-state index contributed by atoms with van der Waals surface area (Å²) >= 11 is 0. The first-order valence-corrected chi connectivity index (χ1v) is 30.6. The van der Waals surface area contributed by atoms with Gasteiger partial charge in [0.2, 0.25) is 0 Å². The SMILES string of the molecule is CC1(C)c2ccccc2-c2cc3c(cc21)-c1cc2c(cc1C3(C)C)Oc1cc3c(cc1N2c1c(-c2ccc(-c4ccccc4)cc2)cc(-c2ccccc2)cc1-c1ccc(-c2ccccc2)cc1)-c1cc2c(cc1C3(C)C)-c1ccccc1C2(C)C. The van der Waals surface area contributed by atoms with Crippen LogP contribution in [0.15, 0.2) is 249 Å². The summed E-state index contributed by atoms with van der Waals surface area (Å²) in [4.78, 5) is 2.61. The molecule has 2 heteroatoms. The number of hydrogen-bond acceptors (Lipinski definition) is 2. The Morgan fingerprint density at radius 2 is 0.500 bits per heavy atom. The summed E-state index contributed by atoms with van der Waals surface area (Å²) in [7, 11) is 0. The predicted molar refractivity (Wildman–Crippen MR) is 359 cm³/mol. The lowest BCUT2D eigenvalue weighted by atomic mass is 9.79. The largest absolute Gasteiger partial charge is 0.453 e. The van der Waals surface area contributed by atoms with Crippen molar-refractivity contribution in [1.82, 2.24) is 0 Å². The topological polar surface area (TPSA) is 12.5 Å². The van der Waals surface area contributed by atoms with E-state index in [1.807, 2.05) is 0 Å². The van der Waals surface area contributed by atoms with Crippen LogP contribution in [0.4, 0.5) is 17.1 Å². The number of anilines is 3. The van der Waals surface area contributed by atoms with Gasteiger partial charge in [-0.1, -0.05) is 243 Å². The highest BCUT2D eigenvalue weighted by Crippen LogP contribution is 2.65. The molecule has 17 rings (SSSR count). The van der Waals surface area contributed by atoms with E-state index in [2.05, 4.69) is 309 Å². The lowest BCUT2D eigenvalue weighted by Gasteiger charge is -2.37. The van der Waals surface area contributed by atoms with Crippen molar-refractivity contribution < 1.29 is 4.74 Å². The lowest BCUT2D eigenvalue weighted by molar-refractivity contribution is 0.473. The molecule has 412 valence electrons. The van der Waals surface area contributed by atoms with Crippen LogP contribution in [0.1, 0.15) is 99.9 Å². The zero-order valence-corrected chi connectivity index (χ0v) is 50.0. The third kappa shape index (κ3) is 7.14. The zero-order valence-electron chi connectivity index (χ0n) is 50.0. The number of ether oxygens (including phenoxy) is 1. The van der Waals surface area contributed by atoms with Crippen LogP contribution in [0.3, 0.4) is 0 Å². The van der Waals surface area contributed by atoms with E-state index in [4.69, 9.17) is 4.74 Å². The molecule has 0 radical (unpaired) electrons. The molecule has 0 saturated carbocycles. The van der Waals surface area contributed by atoms with Gasteiger partial charge >= 0.3 is 0 Å². The monoisotopic (exact) mass is 1100 g/mol. The van der Waals surface area contributed by atoms with Gasteiger partial charge in [0.05, 0.1) is 17.1 Å². The number of hydrogen-bond donors (Lipinski definition) is 0. The van der Waals surface area contributed by atoms with Crippen LogP contribution >= 0.6 is 0 Å². The van der Waals surface area contributed by atoms with Crippen LogP contribution in [-0.4, -0.2) is 0 Å². The lowest BCUT2D eigenvalue weighted by Crippen LogP contribution is -2.21. The molecule has 0 unspecified atom stereocenters. The van der Waals surface area contributed by atoms with Gasteiger partial charge in [0, 0.05) is 32.8 Å². The van der Waals surface area contributed by atoms with E-state index >= 15 is 0 Å². The van der Waals surface area contributed by atoms with Crippen LogP contribution in [-0.2, 0) is 21.7 Å². The molecule has 12 aromatic carbocycles. The molecule has 0 fully saturated rings. The summed E-state index contributed by atoms with van der Waals surface area (Å²) in [6.07, 6.45) is 0. The average molecular weight is 1100 g/mol. The Morgan fingerprint density at radius 1 is 0.221 bits per heavy atom. The maximum Gasteiger partial charge on any atom is 0.151 e. The fourth-order valence-corrected chi connectivity index (χ4v) is 15.9. The van der Waals surface area contributed by atoms with Gasteiger partial charge in [-0.2, -0.15) is 0 Å². The van der Waals surface area contributed by atoms with E-state index < -0.39 is 0 Å². The minimum Gasteiger partial charge on any atom is -0.453 e. The fraction of sp³-hybridized carbons (Fsp3) is 0.143. The molecular formula is C84H65NO. The van der Waals surface area contributed by atoms with Gasteiger partial charge in [0.1, 0.15) is 0 Å². The van der Waals surface area contributed by atoms with Crippen LogP contribution in [0.5, 0.6) is 11.5 Å². The van der Waals surface area contributed by atoms with Gasteiger partial charge in [0.25, 0.3) is 0 Å². The van der Waals surface area contributed by atoms with E-state index in [1.165, 1.54) is 111 Å². The maximum absolute atomic E-state index is 7.65. The van der Waals surface area contributed by atoms with Crippen LogP contribution in [0.25, 0.3) is 100 Å². The normalized spacial score (nSPS) is 15.7. The van der Waals surface area contributed by atoms with Crippen molar-refractivity contribution in [2.24, 2.45) is 0 Å². The summed E-state index contributed by atoms with van der Waals surface area (Å²) in [5, 5.41) is 0. The van der Waals surface area contributed by atoms with Gasteiger partial charge in [-0.05, 0) is 194 Å². The van der Waals surface area contributed by atoms with Gasteiger partial charge in [0.15, 0.2) is 11.5 Å². The van der Waals surface area contributed by atoms with Crippen molar-refractivity contribution >= 4 is 17.1 Å². The fourth-order valence-electron chi connectivity index (χ4n) is 15.9. The van der Waals surface area contributed by atoms with E-state index in [0.717, 1.165) is 61.9 Å². The van der Waals surface area contributed by atoms with E-state index in [1.54, 1.807) is 0 Å². The van der Waals surface area contributed by atoms with Gasteiger partial charge in [-0.3, -0.25) is 0 Å². The Bertz CT molecular complexity index is 4560. The van der Waals surface area contributed by atoms with Crippen LogP contribution in [0.2, 0.25) is 0 Å². The molecule has 12 aromatic rings. The number of benzene rings is 12. The Kier molecular flexibility index (Phi) is 10.6. The Balaban J connectivity index is 0.964. The molecule has 0 N–H and O–H groups in total. The molecule has 0 spiro atoms. The first-order valence-electron chi connectivity index (χ1n) is 30.6. The Labute approximate surface area is 505 Å². The second-order valence-corrected chi connectivity index (χ2v) is 26.8. The third-order valence-electron chi connectivity index (χ3n) is 20.7. The minimum atomic E-state index is -0.312. The highest BCUT2D eigenvalue weighted by atomic mass is 16.5. The molecule has 86 heavy (non-hydrogen) atoms. The van der Waals surface area contributed by atoms with Crippen molar-refractivity contribution in [2.45, 2.75) is 77.0 Å². The van der Waals surface area contributed by atoms with E-state index in [-0.39, 0.29) is 21.7 Å². The molecule has 0 aromatic heterocycles. The highest BCUT2D eigenvalue weighted by molar-refractivity contribution is 6.06. The zero-order chi connectivity index (χ0) is 58.2. The predicted octanol–water partition coefficient (Wildman–Crippen LogP) is 22.8. The molecule has 0 saturated heterocycles. The second-order valence-electron chi connectivity index (χ2n) is 26.8. The van der Waals surface area contributed by atoms with Crippen molar-refractivity contribution in [2.75, 3.05) is 4.90 Å². The van der Waals surface area contributed by atoms with Gasteiger partial charge in [-0.25, -0.2) is 0 Å². The smallest absolute Gasteiger partial charge is 0.151 e. The molecule has 4 aliphatic carbocycles. The van der Waals surface area contributed by atoms with E-state index in [0.29, 0.717) is 0 Å². The highest BCUT2D eigenvalue weighted by Gasteiger charge is 2.46. The Hall–Kier alpha value is -9.76. The van der Waals surface area contributed by atoms with Crippen LogP contribution in [0, 0.1) is 0 Å². The van der Waals surface area contributed by atoms with Crippen molar-refractivity contribution in [3.05, 3.63) is 293 Å². The molecule has 0 bridgehead atoms. The van der Waals surface area contributed by atoms with Crippen molar-refractivity contribution in [1.29, 1.82) is 0 Å². The second kappa shape index (κ2) is 17.9.